The molecule has 1 aliphatic heterocycles. The molecule has 0 amide bonds. The van der Waals surface area contributed by atoms with Crippen molar-refractivity contribution < 1.29 is 30.5 Å². The van der Waals surface area contributed by atoms with Crippen LogP contribution in [0.15, 0.2) is 55.1 Å². The first-order chi connectivity index (χ1) is 19.1. The summed E-state index contributed by atoms with van der Waals surface area (Å²) in [5.41, 5.74) is -3.44. The van der Waals surface area contributed by atoms with Crippen LogP contribution in [0.2, 0.25) is 0 Å². The summed E-state index contributed by atoms with van der Waals surface area (Å²) in [4.78, 5) is 13.2. The molecule has 0 bridgehead atoms. The number of pyridine rings is 3. The maximum atomic E-state index is 12.9. The second-order valence-corrected chi connectivity index (χ2v) is 10.5. The molecule has 5 rings (SSSR count). The molecule has 0 unspecified atom stereocenters. The molecule has 15 heteroatoms. The van der Waals surface area contributed by atoms with Crippen molar-refractivity contribution in [2.75, 3.05) is 38.2 Å². The van der Waals surface area contributed by atoms with Crippen LogP contribution in [0.4, 0.5) is 19.0 Å². The van der Waals surface area contributed by atoms with E-state index in [4.69, 9.17) is 4.74 Å². The van der Waals surface area contributed by atoms with Crippen LogP contribution < -0.4 is 13.8 Å². The maximum absolute atomic E-state index is 12.9. The van der Waals surface area contributed by atoms with E-state index in [1.807, 2.05) is 18.2 Å². The van der Waals surface area contributed by atoms with Crippen molar-refractivity contribution in [3.8, 4) is 28.8 Å². The Morgan fingerprint density at radius 2 is 1.82 bits per heavy atom. The second kappa shape index (κ2) is 10.6. The lowest BCUT2D eigenvalue weighted by atomic mass is 10.1. The summed E-state index contributed by atoms with van der Waals surface area (Å²) in [5, 5.41) is 13.5. The summed E-state index contributed by atoms with van der Waals surface area (Å²) in [6, 6.07) is 10.4. The van der Waals surface area contributed by atoms with Crippen molar-refractivity contribution >= 4 is 21.5 Å². The summed E-state index contributed by atoms with van der Waals surface area (Å²) >= 11 is 0. The highest BCUT2D eigenvalue weighted by Gasteiger charge is 2.48. The Morgan fingerprint density at radius 3 is 2.42 bits per heavy atom. The van der Waals surface area contributed by atoms with E-state index < -0.39 is 21.4 Å². The van der Waals surface area contributed by atoms with E-state index in [1.165, 1.54) is 12.4 Å². The Hall–Kier alpha value is -4.42. The largest absolute Gasteiger partial charge is 0.534 e. The molecule has 208 valence electrons. The van der Waals surface area contributed by atoms with Gasteiger partial charge in [0, 0.05) is 62.3 Å². The molecular weight excluding hydrogens is 551 g/mol. The van der Waals surface area contributed by atoms with Crippen molar-refractivity contribution in [3.05, 3.63) is 66.2 Å². The van der Waals surface area contributed by atoms with Gasteiger partial charge in [-0.1, -0.05) is 6.07 Å². The predicted octanol–water partition coefficient (Wildman–Crippen LogP) is 3.22. The number of aromatic nitrogens is 4. The monoisotopic (exact) mass is 573 g/mol. The van der Waals surface area contributed by atoms with Gasteiger partial charge >= 0.3 is 15.6 Å². The van der Waals surface area contributed by atoms with Gasteiger partial charge in [0.1, 0.15) is 11.9 Å². The summed E-state index contributed by atoms with van der Waals surface area (Å²) in [6.45, 7) is 3.79. The van der Waals surface area contributed by atoms with Crippen LogP contribution in [-0.2, 0) is 16.7 Å². The van der Waals surface area contributed by atoms with Crippen LogP contribution in [0.5, 0.6) is 11.6 Å². The SMILES string of the molecule is COc1ccc(CN2CCN(c3ccc(-c4cc(OS(=O)(=O)C(F)(F)F)cn5ncc(C#N)c45)cn3)CC2)cn1. The van der Waals surface area contributed by atoms with E-state index in [-0.39, 0.29) is 16.6 Å². The Morgan fingerprint density at radius 1 is 1.05 bits per heavy atom. The number of ether oxygens (including phenoxy) is 1. The standard InChI is InChI=1S/C25H22F3N7O4S/c1-38-23-5-2-17(12-31-23)15-33-6-8-34(9-7-33)22-4-3-18(13-30-22)21-10-20(39-40(36,37)25(26,27)28)16-35-24(21)19(11-29)14-32-35/h2-5,10,12-14,16H,6-9,15H2,1H3. The van der Waals surface area contributed by atoms with Gasteiger partial charge in [0.15, 0.2) is 5.75 Å². The van der Waals surface area contributed by atoms with Gasteiger partial charge in [0.05, 0.1) is 30.6 Å². The van der Waals surface area contributed by atoms with E-state index >= 15 is 0 Å². The van der Waals surface area contributed by atoms with E-state index in [1.54, 1.807) is 25.4 Å². The topological polar surface area (TPSA) is 126 Å². The molecule has 0 aromatic carbocycles. The molecule has 1 fully saturated rings. The molecule has 0 atom stereocenters. The van der Waals surface area contributed by atoms with Crippen LogP contribution in [0.25, 0.3) is 16.6 Å². The number of piperazine rings is 1. The first-order valence-corrected chi connectivity index (χ1v) is 13.3. The zero-order chi connectivity index (χ0) is 28.5. The summed E-state index contributed by atoms with van der Waals surface area (Å²) in [7, 11) is -4.34. The molecule has 0 radical (unpaired) electrons. The van der Waals surface area contributed by atoms with Crippen LogP contribution >= 0.6 is 0 Å². The molecule has 4 aromatic rings. The van der Waals surface area contributed by atoms with Gasteiger partial charge in [-0.05, 0) is 23.8 Å². The minimum absolute atomic E-state index is 0.146. The zero-order valence-electron chi connectivity index (χ0n) is 21.0. The summed E-state index contributed by atoms with van der Waals surface area (Å²) < 4.78 is 72.4. The van der Waals surface area contributed by atoms with Gasteiger partial charge in [0.25, 0.3) is 0 Å². The van der Waals surface area contributed by atoms with Crippen LogP contribution in [0.3, 0.4) is 0 Å². The fraction of sp³-hybridized carbons (Fsp3) is 0.280. The van der Waals surface area contributed by atoms with E-state index in [0.29, 0.717) is 17.3 Å². The van der Waals surface area contributed by atoms with Gasteiger partial charge in [-0.15, -0.1) is 0 Å². The average molecular weight is 574 g/mol. The Kier molecular flexibility index (Phi) is 7.21. The molecule has 1 aliphatic rings. The molecule has 0 N–H and O–H groups in total. The Balaban J connectivity index is 1.34. The number of fused-ring (bicyclic) bond motifs is 1. The normalized spacial score (nSPS) is 14.7. The number of halogens is 3. The molecule has 0 spiro atoms. The fourth-order valence-electron chi connectivity index (χ4n) is 4.37. The molecule has 1 saturated heterocycles. The highest BCUT2D eigenvalue weighted by Crippen LogP contribution is 2.34. The Bertz CT molecular complexity index is 1660. The minimum atomic E-state index is -5.91. The minimum Gasteiger partial charge on any atom is -0.481 e. The van der Waals surface area contributed by atoms with Crippen molar-refractivity contribution in [1.82, 2.24) is 24.5 Å². The highest BCUT2D eigenvalue weighted by atomic mass is 32.2. The van der Waals surface area contributed by atoms with Crippen LogP contribution in [-0.4, -0.2) is 71.7 Å². The number of nitrogens with zero attached hydrogens (tertiary/aromatic N) is 7. The van der Waals surface area contributed by atoms with Crippen LogP contribution in [0.1, 0.15) is 11.1 Å². The van der Waals surface area contributed by atoms with E-state index in [2.05, 4.69) is 29.0 Å². The number of anilines is 1. The third-order valence-electron chi connectivity index (χ3n) is 6.36. The van der Waals surface area contributed by atoms with Crippen molar-refractivity contribution in [2.45, 2.75) is 12.1 Å². The number of methoxy groups -OCH3 is 1. The lowest BCUT2D eigenvalue weighted by Crippen LogP contribution is -2.46. The molecule has 5 heterocycles. The van der Waals surface area contributed by atoms with Gasteiger partial charge in [-0.2, -0.15) is 31.9 Å². The lowest BCUT2D eigenvalue weighted by Gasteiger charge is -2.35. The zero-order valence-corrected chi connectivity index (χ0v) is 21.9. The smallest absolute Gasteiger partial charge is 0.481 e. The number of rotatable bonds is 7. The maximum Gasteiger partial charge on any atom is 0.534 e. The number of hydrogen-bond acceptors (Lipinski definition) is 10. The predicted molar refractivity (Wildman–Crippen MR) is 137 cm³/mol. The highest BCUT2D eigenvalue weighted by molar-refractivity contribution is 7.88. The van der Waals surface area contributed by atoms with Crippen molar-refractivity contribution in [2.24, 2.45) is 0 Å². The molecule has 0 saturated carbocycles. The third kappa shape index (κ3) is 5.49. The Labute approximate surface area is 227 Å². The lowest BCUT2D eigenvalue weighted by molar-refractivity contribution is -0.0500. The van der Waals surface area contributed by atoms with Gasteiger partial charge in [-0.3, -0.25) is 4.90 Å². The van der Waals surface area contributed by atoms with Gasteiger partial charge in [-0.25, -0.2) is 14.5 Å². The third-order valence-corrected chi connectivity index (χ3v) is 7.34. The first kappa shape index (κ1) is 27.2. The van der Waals surface area contributed by atoms with Gasteiger partial charge in [0.2, 0.25) is 5.88 Å². The molecule has 40 heavy (non-hydrogen) atoms. The van der Waals surface area contributed by atoms with E-state index in [9.17, 15) is 26.9 Å². The number of alkyl halides is 3. The van der Waals surface area contributed by atoms with Crippen LogP contribution in [0, 0.1) is 11.3 Å². The summed E-state index contributed by atoms with van der Waals surface area (Å²) in [5.74, 6) is 0.651. The average Bonchev–Trinajstić information content (AvgIpc) is 3.36. The van der Waals surface area contributed by atoms with Crippen molar-refractivity contribution in [3.63, 3.8) is 0 Å². The number of hydrogen-bond donors (Lipinski definition) is 0. The van der Waals surface area contributed by atoms with E-state index in [0.717, 1.165) is 55.1 Å². The van der Waals surface area contributed by atoms with Gasteiger partial charge < -0.3 is 13.8 Å². The molecular formula is C25H22F3N7O4S. The van der Waals surface area contributed by atoms with Crippen molar-refractivity contribution in [1.29, 1.82) is 5.26 Å². The number of nitriles is 1. The molecule has 11 nitrogen and oxygen atoms in total. The molecule has 4 aromatic heterocycles. The molecule has 0 aliphatic carbocycles. The second-order valence-electron chi connectivity index (χ2n) is 8.91. The first-order valence-electron chi connectivity index (χ1n) is 11.9. The quantitative estimate of drug-likeness (QED) is 0.240. The fourth-order valence-corrected chi connectivity index (χ4v) is 4.81. The summed E-state index contributed by atoms with van der Waals surface area (Å²) in [6.07, 6.45) is 5.49.